The fraction of sp³-hybridized carbons (Fsp3) is 0.179. The van der Waals surface area contributed by atoms with Crippen molar-refractivity contribution >= 4 is 46.5 Å². The number of carbonyl (C=O) groups excluding carboxylic acids is 2. The van der Waals surface area contributed by atoms with E-state index in [9.17, 15) is 9.59 Å². The molecule has 4 rings (SSSR count). The summed E-state index contributed by atoms with van der Waals surface area (Å²) in [6.07, 6.45) is 1.62. The van der Waals surface area contributed by atoms with Crippen LogP contribution in [0.25, 0.3) is 6.08 Å². The number of hydrogen-bond acceptors (Lipinski definition) is 6. The maximum atomic E-state index is 12.7. The summed E-state index contributed by atoms with van der Waals surface area (Å²) in [6.45, 7) is 6.15. The highest BCUT2D eigenvalue weighted by atomic mass is 127. The number of benzene rings is 3. The number of aryl methyl sites for hydroxylation is 1. The lowest BCUT2D eigenvalue weighted by molar-refractivity contribution is -0.129. The number of rotatable bonds is 6. The van der Waals surface area contributed by atoms with Crippen molar-refractivity contribution in [3.8, 4) is 11.5 Å². The number of esters is 2. The molecule has 0 radical (unpaired) electrons. The van der Waals surface area contributed by atoms with E-state index >= 15 is 0 Å². The number of hydrogen-bond donors (Lipinski definition) is 0. The van der Waals surface area contributed by atoms with Crippen molar-refractivity contribution in [1.82, 2.24) is 0 Å². The Labute approximate surface area is 217 Å². The molecule has 1 aliphatic rings. The Bertz CT molecular complexity index is 1360. The third-order valence-corrected chi connectivity index (χ3v) is 6.25. The van der Waals surface area contributed by atoms with Gasteiger partial charge in [0.2, 0.25) is 5.90 Å². The summed E-state index contributed by atoms with van der Waals surface area (Å²) in [5.41, 5.74) is 4.17. The van der Waals surface area contributed by atoms with Crippen LogP contribution in [0.3, 0.4) is 0 Å². The predicted molar refractivity (Wildman–Crippen MR) is 143 cm³/mol. The van der Waals surface area contributed by atoms with Crippen LogP contribution in [0.1, 0.15) is 52.4 Å². The summed E-state index contributed by atoms with van der Waals surface area (Å²) in [7, 11) is 1.49. The maximum absolute atomic E-state index is 12.7. The van der Waals surface area contributed by atoms with E-state index in [0.717, 1.165) is 11.1 Å². The maximum Gasteiger partial charge on any atom is 0.363 e. The zero-order valence-electron chi connectivity index (χ0n) is 19.8. The molecule has 0 spiro atoms. The minimum Gasteiger partial charge on any atom is -0.493 e. The molecule has 3 aromatic rings. The third kappa shape index (κ3) is 5.62. The normalized spacial score (nSPS) is 14.2. The number of halogens is 1. The Balaban J connectivity index is 1.60. The average molecular weight is 581 g/mol. The first-order valence-corrected chi connectivity index (χ1v) is 12.1. The van der Waals surface area contributed by atoms with Gasteiger partial charge in [-0.05, 0) is 89.0 Å². The van der Waals surface area contributed by atoms with Crippen molar-refractivity contribution in [3.05, 3.63) is 97.7 Å². The summed E-state index contributed by atoms with van der Waals surface area (Å²) in [5.74, 6) is 0.339. The minimum absolute atomic E-state index is 0.176. The van der Waals surface area contributed by atoms with Gasteiger partial charge in [0.05, 0.1) is 16.2 Å². The van der Waals surface area contributed by atoms with Gasteiger partial charge in [0.1, 0.15) is 0 Å². The molecule has 1 aliphatic heterocycles. The Kier molecular flexibility index (Phi) is 7.35. The van der Waals surface area contributed by atoms with Crippen LogP contribution in [0.15, 0.2) is 71.4 Å². The largest absolute Gasteiger partial charge is 0.493 e. The van der Waals surface area contributed by atoms with Crippen molar-refractivity contribution in [3.63, 3.8) is 0 Å². The highest BCUT2D eigenvalue weighted by Gasteiger charge is 2.25. The number of nitrogens with zero attached hydrogens (tertiary/aromatic N) is 1. The second-order valence-electron chi connectivity index (χ2n) is 8.41. The van der Waals surface area contributed by atoms with E-state index in [4.69, 9.17) is 14.2 Å². The quantitative estimate of drug-likeness (QED) is 0.148. The summed E-state index contributed by atoms with van der Waals surface area (Å²) in [4.78, 5) is 29.5. The molecule has 35 heavy (non-hydrogen) atoms. The highest BCUT2D eigenvalue weighted by Crippen LogP contribution is 2.35. The lowest BCUT2D eigenvalue weighted by Crippen LogP contribution is -2.10. The van der Waals surface area contributed by atoms with E-state index < -0.39 is 11.9 Å². The average Bonchev–Trinajstić information content (AvgIpc) is 3.20. The van der Waals surface area contributed by atoms with E-state index in [-0.39, 0.29) is 11.6 Å². The lowest BCUT2D eigenvalue weighted by Gasteiger charge is -2.12. The summed E-state index contributed by atoms with van der Waals surface area (Å²) >= 11 is 2.07. The molecule has 0 aliphatic carbocycles. The number of ether oxygens (including phenoxy) is 3. The van der Waals surface area contributed by atoms with Crippen LogP contribution in [0.5, 0.6) is 11.5 Å². The van der Waals surface area contributed by atoms with Gasteiger partial charge in [0.15, 0.2) is 17.2 Å². The molecule has 0 atom stereocenters. The fourth-order valence-electron chi connectivity index (χ4n) is 3.55. The zero-order chi connectivity index (χ0) is 25.1. The molecule has 3 aromatic carbocycles. The minimum atomic E-state index is -0.531. The third-order valence-electron chi connectivity index (χ3n) is 5.45. The molecule has 0 saturated carbocycles. The Morgan fingerprint density at radius 3 is 2.49 bits per heavy atom. The molecule has 0 unspecified atom stereocenters. The van der Waals surface area contributed by atoms with E-state index in [1.165, 1.54) is 12.7 Å². The van der Waals surface area contributed by atoms with Crippen LogP contribution in [-0.2, 0) is 9.53 Å². The van der Waals surface area contributed by atoms with Crippen molar-refractivity contribution in [1.29, 1.82) is 0 Å². The summed E-state index contributed by atoms with van der Waals surface area (Å²) < 4.78 is 17.2. The number of aliphatic imine (C=N–C) groups is 1. The van der Waals surface area contributed by atoms with Gasteiger partial charge in [0.25, 0.3) is 0 Å². The fourth-order valence-corrected chi connectivity index (χ4v) is 4.28. The number of carbonyl (C=O) groups is 2. The molecule has 6 nitrogen and oxygen atoms in total. The van der Waals surface area contributed by atoms with Gasteiger partial charge in [-0.25, -0.2) is 14.6 Å². The van der Waals surface area contributed by atoms with Crippen molar-refractivity contribution in [2.24, 2.45) is 4.99 Å². The van der Waals surface area contributed by atoms with Gasteiger partial charge in [-0.15, -0.1) is 0 Å². The second kappa shape index (κ2) is 10.4. The van der Waals surface area contributed by atoms with Gasteiger partial charge >= 0.3 is 11.9 Å². The van der Waals surface area contributed by atoms with E-state index in [1.54, 1.807) is 36.4 Å². The van der Waals surface area contributed by atoms with Gasteiger partial charge < -0.3 is 14.2 Å². The van der Waals surface area contributed by atoms with Crippen LogP contribution < -0.4 is 9.47 Å². The Hall–Kier alpha value is -3.46. The van der Waals surface area contributed by atoms with Crippen LogP contribution in [-0.4, -0.2) is 24.9 Å². The van der Waals surface area contributed by atoms with Crippen molar-refractivity contribution in [2.45, 2.75) is 26.7 Å². The topological polar surface area (TPSA) is 74.2 Å². The molecule has 1 heterocycles. The van der Waals surface area contributed by atoms with Crippen molar-refractivity contribution in [2.75, 3.05) is 7.11 Å². The highest BCUT2D eigenvalue weighted by molar-refractivity contribution is 14.1. The molecular formula is C28H24INO5. The van der Waals surface area contributed by atoms with E-state index in [1.807, 2.05) is 37.3 Å². The zero-order valence-corrected chi connectivity index (χ0v) is 22.0. The molecular weight excluding hydrogens is 557 g/mol. The Morgan fingerprint density at radius 2 is 1.83 bits per heavy atom. The van der Waals surface area contributed by atoms with Crippen molar-refractivity contribution < 1.29 is 23.8 Å². The van der Waals surface area contributed by atoms with Crippen LogP contribution >= 0.6 is 22.6 Å². The summed E-state index contributed by atoms with van der Waals surface area (Å²) in [5, 5.41) is 0. The molecule has 0 N–H and O–H groups in total. The summed E-state index contributed by atoms with van der Waals surface area (Å²) in [6, 6.07) is 18.4. The molecule has 178 valence electrons. The first kappa shape index (κ1) is 24.7. The number of cyclic esters (lactones) is 1. The first-order chi connectivity index (χ1) is 16.7. The molecule has 0 bridgehead atoms. The van der Waals surface area contributed by atoms with Gasteiger partial charge in [-0.2, -0.15) is 0 Å². The monoisotopic (exact) mass is 581 g/mol. The molecule has 0 amide bonds. The van der Waals surface area contributed by atoms with Gasteiger partial charge in [-0.1, -0.05) is 43.7 Å². The standard InChI is InChI=1S/C28H24INO5/c1-16(2)19-8-10-20(11-9-19)26-30-23(28(32)35-26)14-18-13-22(29)25(24(15-18)33-4)34-27(31)21-7-5-6-17(3)12-21/h5-16H,1-4H3/b23-14-. The van der Waals surface area contributed by atoms with Crippen LogP contribution in [0, 0.1) is 10.5 Å². The number of methoxy groups -OCH3 is 1. The molecule has 0 saturated heterocycles. The Morgan fingerprint density at radius 1 is 1.09 bits per heavy atom. The molecule has 0 aromatic heterocycles. The van der Waals surface area contributed by atoms with Crippen LogP contribution in [0.4, 0.5) is 0 Å². The smallest absolute Gasteiger partial charge is 0.363 e. The predicted octanol–water partition coefficient (Wildman–Crippen LogP) is 6.30. The second-order valence-corrected chi connectivity index (χ2v) is 9.57. The SMILES string of the molecule is COc1cc(/C=C2\N=C(c3ccc(C(C)C)cc3)OC2=O)cc(I)c1OC(=O)c1cccc(C)c1. The lowest BCUT2D eigenvalue weighted by atomic mass is 10.0. The molecule has 0 fully saturated rings. The van der Waals surface area contributed by atoms with Gasteiger partial charge in [-0.3, -0.25) is 0 Å². The first-order valence-electron chi connectivity index (χ1n) is 11.0. The van der Waals surface area contributed by atoms with E-state index in [2.05, 4.69) is 41.4 Å². The van der Waals surface area contributed by atoms with Crippen LogP contribution in [0.2, 0.25) is 0 Å². The van der Waals surface area contributed by atoms with Gasteiger partial charge in [0, 0.05) is 5.56 Å². The van der Waals surface area contributed by atoms with E-state index in [0.29, 0.717) is 32.1 Å². The molecule has 7 heteroatoms.